The summed E-state index contributed by atoms with van der Waals surface area (Å²) in [5.41, 5.74) is 2.38. The lowest BCUT2D eigenvalue weighted by Gasteiger charge is -2.29. The molecule has 2 aliphatic rings. The van der Waals surface area contributed by atoms with Gasteiger partial charge in [-0.25, -0.2) is 0 Å². The van der Waals surface area contributed by atoms with Crippen molar-refractivity contribution in [3.63, 3.8) is 0 Å². The number of carbonyl (C=O) groups excluding carboxylic acids is 1. The van der Waals surface area contributed by atoms with Crippen LogP contribution >= 0.6 is 0 Å². The molecule has 1 atom stereocenters. The van der Waals surface area contributed by atoms with Crippen LogP contribution in [0, 0.1) is 12.8 Å². The Hall–Kier alpha value is -1.36. The Morgan fingerprint density at radius 1 is 1.29 bits per heavy atom. The van der Waals surface area contributed by atoms with Gasteiger partial charge in [0, 0.05) is 45.0 Å². The Morgan fingerprint density at radius 2 is 2.05 bits per heavy atom. The third-order valence-electron chi connectivity index (χ3n) is 4.80. The SMILES string of the molecule is Cc1nn(C)cc1CN1CCC(C(=O)N2CCCCC2)C1. The molecule has 0 spiro atoms. The van der Waals surface area contributed by atoms with E-state index in [0.29, 0.717) is 5.91 Å². The van der Waals surface area contributed by atoms with Gasteiger partial charge >= 0.3 is 0 Å². The van der Waals surface area contributed by atoms with Crippen molar-refractivity contribution in [1.29, 1.82) is 0 Å². The highest BCUT2D eigenvalue weighted by Crippen LogP contribution is 2.23. The molecule has 5 heteroatoms. The van der Waals surface area contributed by atoms with Gasteiger partial charge in [0.15, 0.2) is 0 Å². The van der Waals surface area contributed by atoms with Crippen molar-refractivity contribution < 1.29 is 4.79 Å². The van der Waals surface area contributed by atoms with Crippen molar-refractivity contribution in [2.45, 2.75) is 39.2 Å². The lowest BCUT2D eigenvalue weighted by atomic mass is 10.0. The van der Waals surface area contributed by atoms with Gasteiger partial charge in [0.25, 0.3) is 0 Å². The van der Waals surface area contributed by atoms with Crippen LogP contribution in [0.2, 0.25) is 0 Å². The van der Waals surface area contributed by atoms with Gasteiger partial charge in [-0.2, -0.15) is 5.10 Å². The summed E-state index contributed by atoms with van der Waals surface area (Å²) in [5, 5.41) is 4.40. The molecule has 116 valence electrons. The normalized spacial score (nSPS) is 23.7. The summed E-state index contributed by atoms with van der Waals surface area (Å²) in [4.78, 5) is 17.0. The van der Waals surface area contributed by atoms with E-state index in [-0.39, 0.29) is 5.92 Å². The number of likely N-dealkylation sites (tertiary alicyclic amines) is 2. The largest absolute Gasteiger partial charge is 0.342 e. The molecule has 3 heterocycles. The molecule has 3 rings (SSSR count). The van der Waals surface area contributed by atoms with Crippen LogP contribution in [0.25, 0.3) is 0 Å². The zero-order valence-electron chi connectivity index (χ0n) is 13.2. The number of aryl methyl sites for hydroxylation is 2. The molecule has 1 aromatic heterocycles. The molecule has 21 heavy (non-hydrogen) atoms. The monoisotopic (exact) mass is 290 g/mol. The van der Waals surface area contributed by atoms with E-state index in [0.717, 1.165) is 44.8 Å². The Labute approximate surface area is 126 Å². The number of nitrogens with zero attached hydrogens (tertiary/aromatic N) is 4. The number of rotatable bonds is 3. The van der Waals surface area contributed by atoms with E-state index in [1.165, 1.54) is 24.8 Å². The highest BCUT2D eigenvalue weighted by molar-refractivity contribution is 5.79. The van der Waals surface area contributed by atoms with Gasteiger partial charge < -0.3 is 4.90 Å². The summed E-state index contributed by atoms with van der Waals surface area (Å²) >= 11 is 0. The number of hydrogen-bond donors (Lipinski definition) is 0. The van der Waals surface area contributed by atoms with E-state index >= 15 is 0 Å². The molecule has 1 unspecified atom stereocenters. The van der Waals surface area contributed by atoms with Crippen LogP contribution in [0.4, 0.5) is 0 Å². The van der Waals surface area contributed by atoms with Crippen molar-refractivity contribution in [2.75, 3.05) is 26.2 Å². The van der Waals surface area contributed by atoms with Gasteiger partial charge in [0.1, 0.15) is 0 Å². The van der Waals surface area contributed by atoms with Gasteiger partial charge in [-0.3, -0.25) is 14.4 Å². The maximum atomic E-state index is 12.6. The molecule has 0 saturated carbocycles. The maximum Gasteiger partial charge on any atom is 0.227 e. The van der Waals surface area contributed by atoms with Gasteiger partial charge in [-0.1, -0.05) is 0 Å². The molecular formula is C16H26N4O. The smallest absolute Gasteiger partial charge is 0.227 e. The molecule has 0 bridgehead atoms. The van der Waals surface area contributed by atoms with E-state index in [1.807, 2.05) is 11.7 Å². The first-order valence-electron chi connectivity index (χ1n) is 8.14. The minimum Gasteiger partial charge on any atom is -0.342 e. The molecular weight excluding hydrogens is 264 g/mol. The molecule has 0 aromatic carbocycles. The Morgan fingerprint density at radius 3 is 2.71 bits per heavy atom. The Bertz CT molecular complexity index is 504. The maximum absolute atomic E-state index is 12.6. The van der Waals surface area contributed by atoms with E-state index in [4.69, 9.17) is 0 Å². The number of piperidine rings is 1. The summed E-state index contributed by atoms with van der Waals surface area (Å²) in [5.74, 6) is 0.597. The molecule has 2 aliphatic heterocycles. The van der Waals surface area contributed by atoms with Crippen molar-refractivity contribution >= 4 is 5.91 Å². The Kier molecular flexibility index (Phi) is 4.29. The summed E-state index contributed by atoms with van der Waals surface area (Å²) in [7, 11) is 1.96. The van der Waals surface area contributed by atoms with Gasteiger partial charge in [0.05, 0.1) is 11.6 Å². The average molecular weight is 290 g/mol. The lowest BCUT2D eigenvalue weighted by Crippen LogP contribution is -2.40. The third-order valence-corrected chi connectivity index (χ3v) is 4.80. The fourth-order valence-corrected chi connectivity index (χ4v) is 3.60. The minimum absolute atomic E-state index is 0.208. The second kappa shape index (κ2) is 6.18. The number of carbonyl (C=O) groups is 1. The highest BCUT2D eigenvalue weighted by Gasteiger charge is 2.32. The number of hydrogen-bond acceptors (Lipinski definition) is 3. The zero-order chi connectivity index (χ0) is 14.8. The van der Waals surface area contributed by atoms with Gasteiger partial charge in [-0.05, 0) is 39.2 Å². The topological polar surface area (TPSA) is 41.4 Å². The van der Waals surface area contributed by atoms with E-state index in [1.54, 1.807) is 0 Å². The third kappa shape index (κ3) is 3.28. The highest BCUT2D eigenvalue weighted by atomic mass is 16.2. The van der Waals surface area contributed by atoms with Crippen LogP contribution in [0.1, 0.15) is 36.9 Å². The molecule has 2 fully saturated rings. The summed E-state index contributed by atoms with van der Waals surface area (Å²) in [6.45, 7) is 6.85. The van der Waals surface area contributed by atoms with E-state index in [2.05, 4.69) is 28.0 Å². The lowest BCUT2D eigenvalue weighted by molar-refractivity contribution is -0.136. The predicted molar refractivity (Wildman–Crippen MR) is 81.8 cm³/mol. The first-order chi connectivity index (χ1) is 10.1. The second-order valence-electron chi connectivity index (χ2n) is 6.52. The minimum atomic E-state index is 0.208. The van der Waals surface area contributed by atoms with Crippen LogP contribution in [0.15, 0.2) is 6.20 Å². The van der Waals surface area contributed by atoms with Crippen LogP contribution in [-0.2, 0) is 18.4 Å². The van der Waals surface area contributed by atoms with Gasteiger partial charge in [-0.15, -0.1) is 0 Å². The van der Waals surface area contributed by atoms with Crippen molar-refractivity contribution in [2.24, 2.45) is 13.0 Å². The molecule has 2 saturated heterocycles. The van der Waals surface area contributed by atoms with Crippen LogP contribution < -0.4 is 0 Å². The van der Waals surface area contributed by atoms with Crippen LogP contribution in [-0.4, -0.2) is 51.7 Å². The first kappa shape index (κ1) is 14.6. The number of aromatic nitrogens is 2. The quantitative estimate of drug-likeness (QED) is 0.848. The molecule has 5 nitrogen and oxygen atoms in total. The fourth-order valence-electron chi connectivity index (χ4n) is 3.60. The summed E-state index contributed by atoms with van der Waals surface area (Å²) < 4.78 is 1.87. The van der Waals surface area contributed by atoms with Crippen molar-refractivity contribution in [1.82, 2.24) is 19.6 Å². The molecule has 1 aromatic rings. The fraction of sp³-hybridized carbons (Fsp3) is 0.750. The second-order valence-corrected chi connectivity index (χ2v) is 6.52. The molecule has 0 radical (unpaired) electrons. The van der Waals surface area contributed by atoms with E-state index in [9.17, 15) is 4.79 Å². The standard InChI is InChI=1S/C16H26N4O/c1-13-15(10-18(2)17-13)12-19-9-6-14(11-19)16(21)20-7-4-3-5-8-20/h10,14H,3-9,11-12H2,1-2H3. The summed E-state index contributed by atoms with van der Waals surface area (Å²) in [6, 6.07) is 0. The predicted octanol–water partition coefficient (Wildman–Crippen LogP) is 1.56. The molecule has 0 N–H and O–H groups in total. The molecule has 1 amide bonds. The van der Waals surface area contributed by atoms with Gasteiger partial charge in [0.2, 0.25) is 5.91 Å². The zero-order valence-corrected chi connectivity index (χ0v) is 13.2. The van der Waals surface area contributed by atoms with Crippen LogP contribution in [0.5, 0.6) is 0 Å². The summed E-state index contributed by atoms with van der Waals surface area (Å²) in [6.07, 6.45) is 6.73. The molecule has 0 aliphatic carbocycles. The van der Waals surface area contributed by atoms with Crippen LogP contribution in [0.3, 0.4) is 0 Å². The Balaban J connectivity index is 1.55. The van der Waals surface area contributed by atoms with Crippen molar-refractivity contribution in [3.05, 3.63) is 17.5 Å². The average Bonchev–Trinajstić information content (AvgIpc) is 3.07. The number of amides is 1. The van der Waals surface area contributed by atoms with Crippen molar-refractivity contribution in [3.8, 4) is 0 Å². The van der Waals surface area contributed by atoms with E-state index < -0.39 is 0 Å². The first-order valence-corrected chi connectivity index (χ1v) is 8.14.